The molecule has 0 spiro atoms. The van der Waals surface area contributed by atoms with Crippen LogP contribution in [0.4, 0.5) is 22.0 Å². The zero-order chi connectivity index (χ0) is 20.8. The third-order valence-corrected chi connectivity index (χ3v) is 3.13. The maximum Gasteiger partial charge on any atom is 0.425 e. The molecule has 0 amide bonds. The van der Waals surface area contributed by atoms with E-state index in [-0.39, 0.29) is 12.4 Å². The van der Waals surface area contributed by atoms with Gasteiger partial charge in [-0.1, -0.05) is 12.7 Å². The summed E-state index contributed by atoms with van der Waals surface area (Å²) >= 11 is 0. The third kappa shape index (κ3) is 5.49. The van der Waals surface area contributed by atoms with Crippen LogP contribution in [0, 0.1) is 0 Å². The Labute approximate surface area is 152 Å². The Kier molecular flexibility index (Phi) is 7.46. The number of hydrogen-bond acceptors (Lipinski definition) is 6. The first-order valence-electron chi connectivity index (χ1n) is 7.69. The fourth-order valence-electron chi connectivity index (χ4n) is 1.88. The van der Waals surface area contributed by atoms with Gasteiger partial charge in [-0.3, -0.25) is 4.99 Å². The lowest BCUT2D eigenvalue weighted by Gasteiger charge is -2.29. The Bertz CT molecular complexity index is 699. The van der Waals surface area contributed by atoms with Crippen LogP contribution in [0.3, 0.4) is 0 Å². The van der Waals surface area contributed by atoms with Crippen LogP contribution in [0.15, 0.2) is 29.6 Å². The van der Waals surface area contributed by atoms with E-state index in [2.05, 4.69) is 26.5 Å². The van der Waals surface area contributed by atoms with Crippen molar-refractivity contribution in [1.29, 1.82) is 0 Å². The lowest BCUT2D eigenvalue weighted by atomic mass is 10.4. The highest BCUT2D eigenvalue weighted by Gasteiger charge is 2.42. The van der Waals surface area contributed by atoms with Crippen LogP contribution in [-0.2, 0) is 15.6 Å². The fourth-order valence-corrected chi connectivity index (χ4v) is 1.88. The van der Waals surface area contributed by atoms with E-state index in [0.29, 0.717) is 0 Å². The Morgan fingerprint density at radius 3 is 2.44 bits per heavy atom. The van der Waals surface area contributed by atoms with E-state index in [1.807, 2.05) is 0 Å². The highest BCUT2D eigenvalue weighted by molar-refractivity contribution is 5.74. The molecule has 12 heteroatoms. The molecular formula is C15H20F5N5O2. The van der Waals surface area contributed by atoms with Crippen LogP contribution in [0.1, 0.15) is 25.5 Å². The van der Waals surface area contributed by atoms with Crippen molar-refractivity contribution >= 4 is 6.21 Å². The van der Waals surface area contributed by atoms with Crippen LogP contribution in [0.5, 0.6) is 0 Å². The number of ether oxygens (including phenoxy) is 2. The van der Waals surface area contributed by atoms with Gasteiger partial charge in [0.1, 0.15) is 0 Å². The van der Waals surface area contributed by atoms with Gasteiger partial charge in [-0.15, -0.1) is 10.2 Å². The second kappa shape index (κ2) is 8.93. The van der Waals surface area contributed by atoms with Gasteiger partial charge in [0, 0.05) is 14.1 Å². The van der Waals surface area contributed by atoms with Gasteiger partial charge in [-0.2, -0.15) is 22.0 Å². The number of nitrogens with zero attached hydrogens (tertiary/aromatic N) is 5. The molecule has 1 heterocycles. The minimum absolute atomic E-state index is 0.174. The molecule has 0 N–H and O–H groups in total. The first-order valence-corrected chi connectivity index (χ1v) is 7.69. The molecule has 27 heavy (non-hydrogen) atoms. The lowest BCUT2D eigenvalue weighted by molar-refractivity contribution is -0.253. The third-order valence-electron chi connectivity index (χ3n) is 3.13. The maximum absolute atomic E-state index is 14.3. The van der Waals surface area contributed by atoms with Crippen molar-refractivity contribution in [3.63, 3.8) is 0 Å². The predicted molar refractivity (Wildman–Crippen MR) is 88.1 cm³/mol. The van der Waals surface area contributed by atoms with Crippen LogP contribution in [-0.4, -0.2) is 54.1 Å². The normalized spacial score (nSPS) is 14.5. The van der Waals surface area contributed by atoms with Gasteiger partial charge in [0.05, 0.1) is 12.8 Å². The summed E-state index contributed by atoms with van der Waals surface area (Å²) in [5, 5.41) is 7.85. The molecule has 7 nitrogen and oxygen atoms in total. The molecule has 1 rings (SSSR count). The Morgan fingerprint density at radius 1 is 1.33 bits per heavy atom. The van der Waals surface area contributed by atoms with Crippen LogP contribution >= 0.6 is 0 Å². The highest BCUT2D eigenvalue weighted by Crippen LogP contribution is 2.30. The number of aliphatic imine (C=N–C) groups is 1. The maximum atomic E-state index is 14.3. The van der Waals surface area contributed by atoms with E-state index in [1.54, 1.807) is 0 Å². The predicted octanol–water partition coefficient (Wildman–Crippen LogP) is 2.98. The minimum Gasteiger partial charge on any atom is -0.465 e. The Balaban J connectivity index is 3.44. The van der Waals surface area contributed by atoms with E-state index in [1.165, 1.54) is 21.0 Å². The number of alkyl halides is 5. The number of rotatable bonds is 9. The van der Waals surface area contributed by atoms with Crippen LogP contribution < -0.4 is 5.01 Å². The van der Waals surface area contributed by atoms with Gasteiger partial charge in [-0.05, 0) is 19.9 Å². The number of aromatic nitrogens is 3. The van der Waals surface area contributed by atoms with Gasteiger partial charge in [0.25, 0.3) is 5.82 Å². The van der Waals surface area contributed by atoms with Gasteiger partial charge in [0.2, 0.25) is 5.88 Å². The Morgan fingerprint density at radius 2 is 1.96 bits per heavy atom. The monoisotopic (exact) mass is 397 g/mol. The smallest absolute Gasteiger partial charge is 0.425 e. The van der Waals surface area contributed by atoms with E-state index >= 15 is 0 Å². The number of allylic oxidation sites excluding steroid dienone is 2. The fraction of sp³-hybridized carbons (Fsp3) is 0.533. The van der Waals surface area contributed by atoms with Gasteiger partial charge in [-0.25, -0.2) is 9.69 Å². The van der Waals surface area contributed by atoms with Crippen molar-refractivity contribution in [1.82, 2.24) is 14.9 Å². The van der Waals surface area contributed by atoms with E-state index in [9.17, 15) is 22.0 Å². The molecule has 0 unspecified atom stereocenters. The molecule has 152 valence electrons. The summed E-state index contributed by atoms with van der Waals surface area (Å²) in [5.41, 5.74) is 0. The van der Waals surface area contributed by atoms with Crippen molar-refractivity contribution in [3.8, 4) is 0 Å². The minimum atomic E-state index is -4.67. The summed E-state index contributed by atoms with van der Waals surface area (Å²) in [5.74, 6) is -1.55. The molecule has 0 aliphatic heterocycles. The molecule has 1 aromatic heterocycles. The summed E-state index contributed by atoms with van der Waals surface area (Å²) in [4.78, 5) is 3.67. The zero-order valence-corrected chi connectivity index (χ0v) is 15.2. The van der Waals surface area contributed by atoms with Crippen molar-refractivity contribution in [2.24, 2.45) is 4.99 Å². The van der Waals surface area contributed by atoms with Crippen LogP contribution in [0.25, 0.3) is 0 Å². The molecule has 0 radical (unpaired) electrons. The summed E-state index contributed by atoms with van der Waals surface area (Å²) in [6, 6.07) is 0. The Hall–Kier alpha value is -2.50. The summed E-state index contributed by atoms with van der Waals surface area (Å²) in [6.07, 6.45) is -7.40. The summed E-state index contributed by atoms with van der Waals surface area (Å²) < 4.78 is 77.0. The topological polar surface area (TPSA) is 64.8 Å². The van der Waals surface area contributed by atoms with Crippen molar-refractivity contribution in [3.05, 3.63) is 36.3 Å². The summed E-state index contributed by atoms with van der Waals surface area (Å²) in [7, 11) is 2.56. The molecule has 1 aromatic rings. The van der Waals surface area contributed by atoms with Crippen molar-refractivity contribution in [2.45, 2.75) is 32.2 Å². The molecule has 0 aliphatic rings. The first-order chi connectivity index (χ1) is 12.5. The second-order valence-corrected chi connectivity index (χ2v) is 5.10. The molecule has 0 bridgehead atoms. The number of hydrogen-bond donors (Lipinski definition) is 0. The van der Waals surface area contributed by atoms with Crippen molar-refractivity contribution in [2.75, 3.05) is 25.7 Å². The van der Waals surface area contributed by atoms with Crippen molar-refractivity contribution < 1.29 is 31.4 Å². The quantitative estimate of drug-likeness (QED) is 0.277. The SMILES string of the molecule is C=C/C=C(/O[C@@H](C)C(F)(F)F)N(C)n1c(C=NC)nnc1C(F)(F)OCC. The van der Waals surface area contributed by atoms with E-state index in [4.69, 9.17) is 4.74 Å². The second-order valence-electron chi connectivity index (χ2n) is 5.10. The van der Waals surface area contributed by atoms with E-state index in [0.717, 1.165) is 35.0 Å². The molecule has 0 fully saturated rings. The highest BCUT2D eigenvalue weighted by atomic mass is 19.4. The molecule has 0 aromatic carbocycles. The largest absolute Gasteiger partial charge is 0.465 e. The molecule has 0 aliphatic carbocycles. The van der Waals surface area contributed by atoms with Gasteiger partial charge < -0.3 is 9.47 Å². The van der Waals surface area contributed by atoms with E-state index < -0.39 is 30.1 Å². The standard InChI is InChI=1S/C15H20F5N5O2/c1-6-8-12(27-10(3)14(16,17)18)24(5)25-11(9-21-4)22-23-13(25)15(19,20)26-7-2/h6,8-10H,1,7H2,2-5H3/b12-8+,21-9?/t10-/m0/s1. The molecule has 0 saturated heterocycles. The molecular weight excluding hydrogens is 377 g/mol. The van der Waals surface area contributed by atoms with Gasteiger partial charge >= 0.3 is 12.3 Å². The molecule has 1 atom stereocenters. The average molecular weight is 397 g/mol. The van der Waals surface area contributed by atoms with Crippen LogP contribution in [0.2, 0.25) is 0 Å². The number of halogens is 5. The lowest BCUT2D eigenvalue weighted by Crippen LogP contribution is -2.40. The molecule has 0 saturated carbocycles. The first kappa shape index (κ1) is 22.5. The average Bonchev–Trinajstić information content (AvgIpc) is 2.97. The van der Waals surface area contributed by atoms with Gasteiger partial charge in [0.15, 0.2) is 11.9 Å². The summed E-state index contributed by atoms with van der Waals surface area (Å²) in [6.45, 7) is 5.18. The zero-order valence-electron chi connectivity index (χ0n) is 15.2.